The van der Waals surface area contributed by atoms with Gasteiger partial charge in [-0.3, -0.25) is 0 Å². The second-order valence-electron chi connectivity index (χ2n) is 5.32. The number of aliphatic hydroxyl groups is 5. The molecule has 0 aromatic heterocycles. The quantitative estimate of drug-likeness (QED) is 0.417. The van der Waals surface area contributed by atoms with Gasteiger partial charge in [-0.15, -0.1) is 0 Å². The van der Waals surface area contributed by atoms with Crippen molar-refractivity contribution in [2.75, 3.05) is 13.2 Å². The van der Waals surface area contributed by atoms with Gasteiger partial charge in [0.1, 0.15) is 29.7 Å². The van der Waals surface area contributed by atoms with Gasteiger partial charge in [-0.25, -0.2) is 0 Å². The lowest BCUT2D eigenvalue weighted by Crippen LogP contribution is -2.54. The minimum Gasteiger partial charge on any atom is -0.495 e. The highest BCUT2D eigenvalue weighted by atomic mass is 16.5. The van der Waals surface area contributed by atoms with Gasteiger partial charge in [-0.2, -0.15) is 0 Å². The fourth-order valence-electron chi connectivity index (χ4n) is 2.28. The molecule has 1 aromatic carbocycles. The van der Waals surface area contributed by atoms with Crippen LogP contribution in [-0.2, 0) is 4.74 Å². The molecular weight excluding hydrogens is 300 g/mol. The van der Waals surface area contributed by atoms with Crippen molar-refractivity contribution < 1.29 is 30.3 Å². The van der Waals surface area contributed by atoms with Gasteiger partial charge in [-0.1, -0.05) is 37.3 Å². The van der Waals surface area contributed by atoms with Crippen LogP contribution < -0.4 is 0 Å². The van der Waals surface area contributed by atoms with Gasteiger partial charge in [0.05, 0.1) is 13.2 Å². The molecule has 1 aromatic rings. The van der Waals surface area contributed by atoms with E-state index in [0.29, 0.717) is 0 Å². The van der Waals surface area contributed by atoms with Crippen LogP contribution in [0.5, 0.6) is 0 Å². The molecule has 130 valence electrons. The minimum absolute atomic E-state index is 0.0437. The zero-order chi connectivity index (χ0) is 17.5. The zero-order valence-corrected chi connectivity index (χ0v) is 13.5. The molecule has 23 heavy (non-hydrogen) atoms. The number of rotatable bonds is 9. The van der Waals surface area contributed by atoms with Crippen molar-refractivity contribution in [3.8, 4) is 0 Å². The first-order chi connectivity index (χ1) is 10.9. The van der Waals surface area contributed by atoms with Crippen LogP contribution in [-0.4, -0.2) is 62.7 Å². The van der Waals surface area contributed by atoms with Crippen molar-refractivity contribution in [1.29, 1.82) is 0 Å². The smallest absolute Gasteiger partial charge is 0.149 e. The molecule has 0 saturated carbocycles. The SMILES string of the molecule is CCOC(=Cc1ccccc1)C(O)(CC)C(O)C(O)C(O)CO. The molecule has 0 aliphatic heterocycles. The summed E-state index contributed by atoms with van der Waals surface area (Å²) in [5.41, 5.74) is -1.14. The van der Waals surface area contributed by atoms with Crippen LogP contribution in [0, 0.1) is 0 Å². The van der Waals surface area contributed by atoms with Gasteiger partial charge in [-0.05, 0) is 25.0 Å². The molecule has 4 unspecified atom stereocenters. The molecule has 6 heteroatoms. The lowest BCUT2D eigenvalue weighted by molar-refractivity contribution is -0.158. The van der Waals surface area contributed by atoms with Crippen molar-refractivity contribution in [3.05, 3.63) is 41.7 Å². The van der Waals surface area contributed by atoms with E-state index in [4.69, 9.17) is 9.84 Å². The molecule has 1 rings (SSSR count). The van der Waals surface area contributed by atoms with Gasteiger partial charge in [0.25, 0.3) is 0 Å². The molecule has 0 bridgehead atoms. The summed E-state index contributed by atoms with van der Waals surface area (Å²) in [5, 5.41) is 49.6. The maximum atomic E-state index is 10.9. The first-order valence-corrected chi connectivity index (χ1v) is 7.68. The van der Waals surface area contributed by atoms with Gasteiger partial charge in [0.15, 0.2) is 0 Å². The Morgan fingerprint density at radius 2 is 1.78 bits per heavy atom. The van der Waals surface area contributed by atoms with E-state index in [9.17, 15) is 20.4 Å². The molecule has 5 N–H and O–H groups in total. The number of hydrogen-bond acceptors (Lipinski definition) is 6. The van der Waals surface area contributed by atoms with Crippen molar-refractivity contribution in [1.82, 2.24) is 0 Å². The van der Waals surface area contributed by atoms with Crippen LogP contribution in [0.3, 0.4) is 0 Å². The largest absolute Gasteiger partial charge is 0.495 e. The third-order valence-corrected chi connectivity index (χ3v) is 3.76. The highest BCUT2D eigenvalue weighted by molar-refractivity contribution is 5.53. The van der Waals surface area contributed by atoms with Crippen LogP contribution >= 0.6 is 0 Å². The third kappa shape index (κ3) is 4.76. The van der Waals surface area contributed by atoms with Gasteiger partial charge in [0.2, 0.25) is 0 Å². The highest BCUT2D eigenvalue weighted by Gasteiger charge is 2.45. The average molecular weight is 326 g/mol. The van der Waals surface area contributed by atoms with E-state index >= 15 is 0 Å². The summed E-state index contributed by atoms with van der Waals surface area (Å²) >= 11 is 0. The molecule has 0 amide bonds. The second kappa shape index (κ2) is 9.00. The Balaban J connectivity index is 3.20. The maximum Gasteiger partial charge on any atom is 0.149 e. The average Bonchev–Trinajstić information content (AvgIpc) is 2.59. The first kappa shape index (κ1) is 19.6. The molecule has 0 aliphatic carbocycles. The van der Waals surface area contributed by atoms with Gasteiger partial charge >= 0.3 is 0 Å². The van der Waals surface area contributed by atoms with Gasteiger partial charge in [0, 0.05) is 0 Å². The number of ether oxygens (including phenoxy) is 1. The molecule has 0 radical (unpaired) electrons. The Morgan fingerprint density at radius 3 is 2.26 bits per heavy atom. The van der Waals surface area contributed by atoms with Crippen LogP contribution in [0.2, 0.25) is 0 Å². The van der Waals surface area contributed by atoms with E-state index in [1.807, 2.05) is 18.2 Å². The summed E-state index contributed by atoms with van der Waals surface area (Å²) < 4.78 is 5.48. The predicted molar refractivity (Wildman–Crippen MR) is 86.4 cm³/mol. The number of hydrogen-bond donors (Lipinski definition) is 5. The standard InChI is InChI=1S/C17H26O6/c1-3-17(22,16(21)15(20)13(19)11-18)14(23-4-2)10-12-8-6-5-7-9-12/h5-10,13,15-16,18-22H,3-4,11H2,1-2H3. The summed E-state index contributed by atoms with van der Waals surface area (Å²) in [4.78, 5) is 0. The van der Waals surface area contributed by atoms with E-state index in [1.54, 1.807) is 32.1 Å². The lowest BCUT2D eigenvalue weighted by atomic mass is 9.85. The number of benzene rings is 1. The molecule has 0 saturated heterocycles. The first-order valence-electron chi connectivity index (χ1n) is 7.68. The maximum absolute atomic E-state index is 10.9. The van der Waals surface area contributed by atoms with Crippen LogP contribution in [0.1, 0.15) is 25.8 Å². The molecule has 0 aliphatic rings. The van der Waals surface area contributed by atoms with E-state index in [0.717, 1.165) is 5.56 Å². The van der Waals surface area contributed by atoms with Gasteiger partial charge < -0.3 is 30.3 Å². The van der Waals surface area contributed by atoms with E-state index in [2.05, 4.69) is 0 Å². The highest BCUT2D eigenvalue weighted by Crippen LogP contribution is 2.30. The minimum atomic E-state index is -1.90. The summed E-state index contributed by atoms with van der Waals surface area (Å²) in [6, 6.07) is 9.10. The molecule has 6 nitrogen and oxygen atoms in total. The Labute approximate surface area is 136 Å². The normalized spacial score (nSPS) is 18.8. The zero-order valence-electron chi connectivity index (χ0n) is 13.5. The van der Waals surface area contributed by atoms with E-state index in [1.165, 1.54) is 0 Å². The molecule has 0 fully saturated rings. The van der Waals surface area contributed by atoms with Crippen molar-refractivity contribution in [2.24, 2.45) is 0 Å². The Morgan fingerprint density at radius 1 is 1.17 bits per heavy atom. The van der Waals surface area contributed by atoms with Crippen molar-refractivity contribution in [3.63, 3.8) is 0 Å². The third-order valence-electron chi connectivity index (χ3n) is 3.76. The molecule has 0 heterocycles. The summed E-state index contributed by atoms with van der Waals surface area (Å²) in [6.07, 6.45) is -3.39. The van der Waals surface area contributed by atoms with E-state index in [-0.39, 0.29) is 18.8 Å². The van der Waals surface area contributed by atoms with Crippen molar-refractivity contribution >= 4 is 6.08 Å². The van der Waals surface area contributed by atoms with Crippen LogP contribution in [0.15, 0.2) is 36.1 Å². The fourth-order valence-corrected chi connectivity index (χ4v) is 2.28. The summed E-state index contributed by atoms with van der Waals surface area (Å²) in [7, 11) is 0. The molecule has 0 spiro atoms. The van der Waals surface area contributed by atoms with E-state index < -0.39 is 30.5 Å². The molecule has 4 atom stereocenters. The number of aliphatic hydroxyl groups excluding tert-OH is 4. The Hall–Kier alpha value is -1.44. The summed E-state index contributed by atoms with van der Waals surface area (Å²) in [5.74, 6) is 0.0883. The predicted octanol–water partition coefficient (Wildman–Crippen LogP) is 0.280. The Kier molecular flexibility index (Phi) is 7.67. The second-order valence-corrected chi connectivity index (χ2v) is 5.32. The van der Waals surface area contributed by atoms with Crippen LogP contribution in [0.4, 0.5) is 0 Å². The van der Waals surface area contributed by atoms with Crippen molar-refractivity contribution in [2.45, 2.75) is 44.2 Å². The topological polar surface area (TPSA) is 110 Å². The monoisotopic (exact) mass is 326 g/mol. The lowest BCUT2D eigenvalue weighted by Gasteiger charge is -2.37. The Bertz CT molecular complexity index is 489. The summed E-state index contributed by atoms with van der Waals surface area (Å²) in [6.45, 7) is 2.89. The van der Waals surface area contributed by atoms with Crippen LogP contribution in [0.25, 0.3) is 6.08 Å². The fraction of sp³-hybridized carbons (Fsp3) is 0.529. The molecular formula is C17H26O6.